The molecule has 12 rings (SSSR count). The normalized spacial score (nSPS) is 12.7. The first kappa shape index (κ1) is 30.4. The van der Waals surface area contributed by atoms with Gasteiger partial charge in [-0.25, -0.2) is 0 Å². The average Bonchev–Trinajstić information content (AvgIpc) is 3.24. The van der Waals surface area contributed by atoms with E-state index in [2.05, 4.69) is 182 Å². The predicted molar refractivity (Wildman–Crippen MR) is 232 cm³/mol. The minimum Gasteiger partial charge on any atom is -0.0888 e. The van der Waals surface area contributed by atoms with Crippen LogP contribution in [0.5, 0.6) is 0 Å². The van der Waals surface area contributed by atoms with E-state index in [1.165, 1.54) is 118 Å². The van der Waals surface area contributed by atoms with Crippen molar-refractivity contribution in [2.75, 3.05) is 0 Å². The van der Waals surface area contributed by atoms with Crippen LogP contribution >= 0.6 is 23.5 Å². The van der Waals surface area contributed by atoms with Crippen LogP contribution in [0.2, 0.25) is 0 Å². The van der Waals surface area contributed by atoms with Crippen molar-refractivity contribution in [1.82, 2.24) is 0 Å². The largest absolute Gasteiger partial charge is 0.0888 e. The lowest BCUT2D eigenvalue weighted by molar-refractivity contribution is 1.40. The molecule has 10 aromatic carbocycles. The second-order valence-electron chi connectivity index (χ2n) is 14.3. The molecule has 2 heteroatoms. The molecule has 2 heterocycles. The molecule has 0 saturated carbocycles. The van der Waals surface area contributed by atoms with Crippen LogP contribution in [0.25, 0.3) is 98.7 Å². The Morgan fingerprint density at radius 3 is 0.889 bits per heavy atom. The van der Waals surface area contributed by atoms with E-state index in [0.717, 1.165) is 0 Å². The van der Waals surface area contributed by atoms with Crippen LogP contribution in [0.1, 0.15) is 0 Å². The van der Waals surface area contributed by atoms with Crippen molar-refractivity contribution in [2.24, 2.45) is 0 Å². The van der Waals surface area contributed by atoms with Gasteiger partial charge >= 0.3 is 0 Å². The number of rotatable bonds is 3. The zero-order chi connectivity index (χ0) is 35.3. The van der Waals surface area contributed by atoms with Gasteiger partial charge in [0.05, 0.1) is 0 Å². The highest BCUT2D eigenvalue weighted by atomic mass is 32.2. The highest BCUT2D eigenvalue weighted by Gasteiger charge is 2.23. The molecular formula is C52H30S2. The van der Waals surface area contributed by atoms with Gasteiger partial charge < -0.3 is 0 Å². The van der Waals surface area contributed by atoms with Crippen LogP contribution in [-0.4, -0.2) is 0 Å². The molecule has 0 fully saturated rings. The molecule has 0 radical (unpaired) electrons. The molecule has 0 N–H and O–H groups in total. The Labute approximate surface area is 322 Å². The van der Waals surface area contributed by atoms with Crippen molar-refractivity contribution >= 4 is 66.6 Å². The molecule has 2 aliphatic rings. The molecule has 0 saturated heterocycles. The summed E-state index contributed by atoms with van der Waals surface area (Å²) in [4.78, 5) is 5.31. The number of fused-ring (bicyclic) bond motifs is 6. The van der Waals surface area contributed by atoms with Gasteiger partial charge in [0.1, 0.15) is 0 Å². The fraction of sp³-hybridized carbons (Fsp3) is 0. The summed E-state index contributed by atoms with van der Waals surface area (Å²) in [5.74, 6) is 0. The summed E-state index contributed by atoms with van der Waals surface area (Å²) < 4.78 is 0. The molecule has 0 amide bonds. The predicted octanol–water partition coefficient (Wildman–Crippen LogP) is 15.6. The van der Waals surface area contributed by atoms with Gasteiger partial charge in [-0.1, -0.05) is 181 Å². The van der Waals surface area contributed by atoms with Crippen LogP contribution in [-0.2, 0) is 0 Å². The van der Waals surface area contributed by atoms with Gasteiger partial charge in [-0.3, -0.25) is 0 Å². The summed E-state index contributed by atoms with van der Waals surface area (Å²) in [5.41, 5.74) is 12.9. The maximum atomic E-state index is 2.36. The molecule has 0 nitrogen and oxygen atoms in total. The van der Waals surface area contributed by atoms with E-state index in [9.17, 15) is 0 Å². The lowest BCUT2D eigenvalue weighted by atomic mass is 9.85. The van der Waals surface area contributed by atoms with E-state index < -0.39 is 0 Å². The van der Waals surface area contributed by atoms with Crippen molar-refractivity contribution in [3.05, 3.63) is 182 Å². The number of hydrogen-bond acceptors (Lipinski definition) is 2. The fourth-order valence-electron chi connectivity index (χ4n) is 9.17. The summed E-state index contributed by atoms with van der Waals surface area (Å²) in [6.45, 7) is 0. The SMILES string of the molecule is c1ccc2c(c1)Sc1ccc(-c3ccc(-c4ccc(-c5ccc6c7c(cccc57)-c5ccccc5S6)c5ccccc45)c4ccccc34)c3cccc-2c13. The van der Waals surface area contributed by atoms with Crippen molar-refractivity contribution < 1.29 is 0 Å². The first-order chi connectivity index (χ1) is 26.8. The van der Waals surface area contributed by atoms with Gasteiger partial charge in [-0.05, 0) is 112 Å². The smallest absolute Gasteiger partial charge is 0.0207 e. The topological polar surface area (TPSA) is 0 Å². The third kappa shape index (κ3) is 4.36. The van der Waals surface area contributed by atoms with Gasteiger partial charge in [0.2, 0.25) is 0 Å². The van der Waals surface area contributed by atoms with E-state index in [-0.39, 0.29) is 0 Å². The summed E-state index contributed by atoms with van der Waals surface area (Å²) in [6.07, 6.45) is 0. The van der Waals surface area contributed by atoms with Crippen LogP contribution < -0.4 is 0 Å². The Morgan fingerprint density at radius 1 is 0.185 bits per heavy atom. The van der Waals surface area contributed by atoms with E-state index in [1.807, 2.05) is 23.5 Å². The highest BCUT2D eigenvalue weighted by Crippen LogP contribution is 2.52. The molecule has 0 unspecified atom stereocenters. The molecule has 0 aliphatic carbocycles. The molecule has 2 aliphatic heterocycles. The van der Waals surface area contributed by atoms with Crippen LogP contribution in [0.15, 0.2) is 202 Å². The van der Waals surface area contributed by atoms with E-state index in [0.29, 0.717) is 0 Å². The zero-order valence-corrected chi connectivity index (χ0v) is 30.8. The monoisotopic (exact) mass is 718 g/mol. The Bertz CT molecular complexity index is 3010. The quantitative estimate of drug-likeness (QED) is 0.178. The first-order valence-electron chi connectivity index (χ1n) is 18.5. The van der Waals surface area contributed by atoms with Crippen LogP contribution in [0.3, 0.4) is 0 Å². The second-order valence-corrected chi connectivity index (χ2v) is 16.5. The molecule has 0 aromatic heterocycles. The fourth-order valence-corrected chi connectivity index (χ4v) is 11.4. The lowest BCUT2D eigenvalue weighted by Crippen LogP contribution is -1.95. The summed E-state index contributed by atoms with van der Waals surface area (Å²) in [6, 6.07) is 67.9. The van der Waals surface area contributed by atoms with Gasteiger partial charge in [0.25, 0.3) is 0 Å². The molecule has 0 atom stereocenters. The van der Waals surface area contributed by atoms with E-state index in [1.54, 1.807) is 0 Å². The molecule has 250 valence electrons. The maximum absolute atomic E-state index is 2.36. The molecule has 10 aromatic rings. The summed E-state index contributed by atoms with van der Waals surface area (Å²) in [5, 5.41) is 10.4. The Morgan fingerprint density at radius 2 is 0.481 bits per heavy atom. The minimum absolute atomic E-state index is 1.26. The average molecular weight is 719 g/mol. The third-order valence-corrected chi connectivity index (χ3v) is 13.8. The first-order valence-corrected chi connectivity index (χ1v) is 20.1. The molecule has 54 heavy (non-hydrogen) atoms. The van der Waals surface area contributed by atoms with Crippen molar-refractivity contribution in [2.45, 2.75) is 19.6 Å². The van der Waals surface area contributed by atoms with Crippen LogP contribution in [0.4, 0.5) is 0 Å². The van der Waals surface area contributed by atoms with Gasteiger partial charge in [-0.2, -0.15) is 0 Å². The number of hydrogen-bond donors (Lipinski definition) is 0. The van der Waals surface area contributed by atoms with Gasteiger partial charge in [-0.15, -0.1) is 0 Å². The molecular weight excluding hydrogens is 689 g/mol. The van der Waals surface area contributed by atoms with Gasteiger partial charge in [0, 0.05) is 30.4 Å². The summed E-state index contributed by atoms with van der Waals surface area (Å²) >= 11 is 3.77. The van der Waals surface area contributed by atoms with Crippen molar-refractivity contribution in [3.63, 3.8) is 0 Å². The summed E-state index contributed by atoms with van der Waals surface area (Å²) in [7, 11) is 0. The van der Waals surface area contributed by atoms with Crippen LogP contribution in [0, 0.1) is 0 Å². The van der Waals surface area contributed by atoms with E-state index >= 15 is 0 Å². The maximum Gasteiger partial charge on any atom is 0.0207 e. The third-order valence-electron chi connectivity index (χ3n) is 11.5. The highest BCUT2D eigenvalue weighted by molar-refractivity contribution is 8.00. The van der Waals surface area contributed by atoms with Gasteiger partial charge in [0.15, 0.2) is 0 Å². The Hall–Kier alpha value is -6.06. The zero-order valence-electron chi connectivity index (χ0n) is 29.1. The lowest BCUT2D eigenvalue weighted by Gasteiger charge is -2.23. The standard InChI is InChI=1S/C52H30S2/c1-3-13-33-31(11-1)35(23-25-37(33)39-27-29-49-51-43(39)17-9-19-45(51)41-15-5-7-21-47(41)53-49)36-24-26-38(34-14-4-2-12-32(34)36)40-28-30-50-52-44(40)18-10-20-46(52)42-16-6-8-22-48(42)54-50/h1-30H. The number of benzene rings is 10. The van der Waals surface area contributed by atoms with Crippen molar-refractivity contribution in [3.8, 4) is 55.6 Å². The van der Waals surface area contributed by atoms with Crippen molar-refractivity contribution in [1.29, 1.82) is 0 Å². The Kier molecular flexibility index (Phi) is 6.60. The Balaban J connectivity index is 1.04. The second kappa shape index (κ2) is 11.7. The molecule has 0 bridgehead atoms. The molecule has 0 spiro atoms. The van der Waals surface area contributed by atoms with E-state index in [4.69, 9.17) is 0 Å². The minimum atomic E-state index is 1.26.